The predicted octanol–water partition coefficient (Wildman–Crippen LogP) is 2.35. The average Bonchev–Trinajstić information content (AvgIpc) is 2.15. The van der Waals surface area contributed by atoms with E-state index in [4.69, 9.17) is 10.5 Å². The van der Waals surface area contributed by atoms with Gasteiger partial charge in [0.25, 0.3) is 6.43 Å². The monoisotopic (exact) mass is 201 g/mol. The Hall–Kier alpha value is -1.16. The fraction of sp³-hybridized carbons (Fsp3) is 0.400. The van der Waals surface area contributed by atoms with Crippen molar-refractivity contribution in [3.63, 3.8) is 0 Å². The number of para-hydroxylation sites is 1. The molecule has 1 atom stereocenters. The van der Waals surface area contributed by atoms with E-state index in [9.17, 15) is 8.78 Å². The lowest BCUT2D eigenvalue weighted by Gasteiger charge is -2.13. The molecular weight excluding hydrogens is 188 g/mol. The van der Waals surface area contributed by atoms with Gasteiger partial charge in [0.1, 0.15) is 12.4 Å². The van der Waals surface area contributed by atoms with E-state index in [1.165, 1.54) is 0 Å². The van der Waals surface area contributed by atoms with Gasteiger partial charge in [-0.25, -0.2) is 8.78 Å². The Morgan fingerprint density at radius 3 is 2.57 bits per heavy atom. The second-order valence-corrected chi connectivity index (χ2v) is 3.03. The molecule has 0 heterocycles. The molecular formula is C10H13F2NO. The van der Waals surface area contributed by atoms with Crippen molar-refractivity contribution in [2.45, 2.75) is 19.4 Å². The number of nitrogens with two attached hydrogens (primary N) is 1. The first-order valence-corrected chi connectivity index (χ1v) is 4.36. The molecule has 0 saturated carbocycles. The van der Waals surface area contributed by atoms with Gasteiger partial charge >= 0.3 is 0 Å². The Morgan fingerprint density at radius 2 is 2.00 bits per heavy atom. The Morgan fingerprint density at radius 1 is 1.36 bits per heavy atom. The standard InChI is InChI=1S/C10H13F2NO/c1-7(13)8-4-2-3-5-9(8)14-6-10(11)12/h2-5,7,10H,6,13H2,1H3/t7-/m1/s1. The third-order valence-corrected chi connectivity index (χ3v) is 1.77. The van der Waals surface area contributed by atoms with Crippen molar-refractivity contribution in [3.8, 4) is 5.75 Å². The molecule has 14 heavy (non-hydrogen) atoms. The van der Waals surface area contributed by atoms with Gasteiger partial charge in [0, 0.05) is 11.6 Å². The van der Waals surface area contributed by atoms with E-state index in [1.807, 2.05) is 0 Å². The second kappa shape index (κ2) is 4.91. The van der Waals surface area contributed by atoms with Gasteiger partial charge in [0.05, 0.1) is 0 Å². The second-order valence-electron chi connectivity index (χ2n) is 3.03. The van der Waals surface area contributed by atoms with Crippen LogP contribution in [0.4, 0.5) is 8.78 Å². The summed E-state index contributed by atoms with van der Waals surface area (Å²) in [4.78, 5) is 0. The van der Waals surface area contributed by atoms with Gasteiger partial charge in [-0.2, -0.15) is 0 Å². The Bertz CT molecular complexity index is 289. The summed E-state index contributed by atoms with van der Waals surface area (Å²) < 4.78 is 28.7. The van der Waals surface area contributed by atoms with Gasteiger partial charge < -0.3 is 10.5 Å². The SMILES string of the molecule is C[C@@H](N)c1ccccc1OCC(F)F. The van der Waals surface area contributed by atoms with E-state index in [1.54, 1.807) is 31.2 Å². The normalized spacial score (nSPS) is 12.9. The number of halogens is 2. The minimum atomic E-state index is -2.46. The van der Waals surface area contributed by atoms with Crippen molar-refractivity contribution < 1.29 is 13.5 Å². The minimum absolute atomic E-state index is 0.219. The first kappa shape index (κ1) is 10.9. The van der Waals surface area contributed by atoms with E-state index >= 15 is 0 Å². The molecule has 0 aliphatic carbocycles. The summed E-state index contributed by atoms with van der Waals surface area (Å²) in [6.07, 6.45) is -2.46. The molecule has 2 N–H and O–H groups in total. The third-order valence-electron chi connectivity index (χ3n) is 1.77. The number of benzene rings is 1. The van der Waals surface area contributed by atoms with Crippen molar-refractivity contribution in [2.24, 2.45) is 5.73 Å². The molecule has 0 aromatic heterocycles. The van der Waals surface area contributed by atoms with Crippen LogP contribution in [0.15, 0.2) is 24.3 Å². The maximum absolute atomic E-state index is 11.9. The molecule has 0 amide bonds. The van der Waals surface area contributed by atoms with E-state index in [0.717, 1.165) is 5.56 Å². The summed E-state index contributed by atoms with van der Waals surface area (Å²) in [5.41, 5.74) is 6.40. The van der Waals surface area contributed by atoms with Crippen LogP contribution in [0.1, 0.15) is 18.5 Å². The molecule has 2 nitrogen and oxygen atoms in total. The zero-order valence-electron chi connectivity index (χ0n) is 7.91. The van der Waals surface area contributed by atoms with Crippen molar-refractivity contribution in [1.82, 2.24) is 0 Å². The van der Waals surface area contributed by atoms with Crippen LogP contribution in [0.2, 0.25) is 0 Å². The molecule has 1 rings (SSSR count). The molecule has 1 aromatic rings. The average molecular weight is 201 g/mol. The summed E-state index contributed by atoms with van der Waals surface area (Å²) in [5, 5.41) is 0. The van der Waals surface area contributed by atoms with E-state index in [0.29, 0.717) is 5.75 Å². The maximum Gasteiger partial charge on any atom is 0.272 e. The van der Waals surface area contributed by atoms with E-state index < -0.39 is 13.0 Å². The van der Waals surface area contributed by atoms with Gasteiger partial charge in [-0.1, -0.05) is 18.2 Å². The van der Waals surface area contributed by atoms with Gasteiger partial charge in [-0.05, 0) is 13.0 Å². The highest BCUT2D eigenvalue weighted by Crippen LogP contribution is 2.23. The lowest BCUT2D eigenvalue weighted by atomic mass is 10.1. The molecule has 78 valence electrons. The van der Waals surface area contributed by atoms with Crippen LogP contribution in [-0.4, -0.2) is 13.0 Å². The van der Waals surface area contributed by atoms with Gasteiger partial charge in [0.2, 0.25) is 0 Å². The maximum atomic E-state index is 11.9. The summed E-state index contributed by atoms with van der Waals surface area (Å²) in [6.45, 7) is 1.19. The van der Waals surface area contributed by atoms with Crippen molar-refractivity contribution >= 4 is 0 Å². The zero-order chi connectivity index (χ0) is 10.6. The Labute approximate surface area is 81.7 Å². The number of rotatable bonds is 4. The summed E-state index contributed by atoms with van der Waals surface area (Å²) in [6, 6.07) is 6.72. The molecule has 0 saturated heterocycles. The van der Waals surface area contributed by atoms with E-state index in [2.05, 4.69) is 0 Å². The smallest absolute Gasteiger partial charge is 0.272 e. The van der Waals surface area contributed by atoms with Crippen LogP contribution in [0.25, 0.3) is 0 Å². The van der Waals surface area contributed by atoms with Crippen LogP contribution in [0, 0.1) is 0 Å². The fourth-order valence-corrected chi connectivity index (χ4v) is 1.14. The van der Waals surface area contributed by atoms with Crippen LogP contribution in [0.3, 0.4) is 0 Å². The number of hydrogen-bond acceptors (Lipinski definition) is 2. The summed E-state index contributed by atoms with van der Waals surface area (Å²) in [7, 11) is 0. The van der Waals surface area contributed by atoms with Crippen molar-refractivity contribution in [2.75, 3.05) is 6.61 Å². The first-order chi connectivity index (χ1) is 6.61. The first-order valence-electron chi connectivity index (χ1n) is 4.36. The lowest BCUT2D eigenvalue weighted by molar-refractivity contribution is 0.0812. The Balaban J connectivity index is 2.74. The highest BCUT2D eigenvalue weighted by atomic mass is 19.3. The van der Waals surface area contributed by atoms with Crippen molar-refractivity contribution in [3.05, 3.63) is 29.8 Å². The summed E-state index contributed by atoms with van der Waals surface area (Å²) in [5.74, 6) is 0.433. The zero-order valence-corrected chi connectivity index (χ0v) is 7.91. The highest BCUT2D eigenvalue weighted by molar-refractivity contribution is 5.35. The van der Waals surface area contributed by atoms with Crippen molar-refractivity contribution in [1.29, 1.82) is 0 Å². The quantitative estimate of drug-likeness (QED) is 0.811. The lowest BCUT2D eigenvalue weighted by Crippen LogP contribution is -2.11. The molecule has 0 radical (unpaired) electrons. The number of alkyl halides is 2. The molecule has 0 aliphatic rings. The molecule has 1 aromatic carbocycles. The summed E-state index contributed by atoms with van der Waals surface area (Å²) >= 11 is 0. The van der Waals surface area contributed by atoms with Crippen LogP contribution >= 0.6 is 0 Å². The molecule has 0 bridgehead atoms. The van der Waals surface area contributed by atoms with Crippen LogP contribution < -0.4 is 10.5 Å². The predicted molar refractivity (Wildman–Crippen MR) is 50.5 cm³/mol. The van der Waals surface area contributed by atoms with E-state index in [-0.39, 0.29) is 6.04 Å². The molecule has 0 fully saturated rings. The van der Waals surface area contributed by atoms with Gasteiger partial charge in [-0.15, -0.1) is 0 Å². The van der Waals surface area contributed by atoms with Crippen LogP contribution in [0.5, 0.6) is 5.75 Å². The fourth-order valence-electron chi connectivity index (χ4n) is 1.14. The Kier molecular flexibility index (Phi) is 3.83. The minimum Gasteiger partial charge on any atom is -0.487 e. The van der Waals surface area contributed by atoms with Gasteiger partial charge in [-0.3, -0.25) is 0 Å². The third kappa shape index (κ3) is 2.96. The molecule has 4 heteroatoms. The van der Waals surface area contributed by atoms with Gasteiger partial charge in [0.15, 0.2) is 0 Å². The topological polar surface area (TPSA) is 35.2 Å². The largest absolute Gasteiger partial charge is 0.487 e. The number of ether oxygens (including phenoxy) is 1. The molecule has 0 spiro atoms. The van der Waals surface area contributed by atoms with Crippen LogP contribution in [-0.2, 0) is 0 Å². The molecule has 0 unspecified atom stereocenters. The highest BCUT2D eigenvalue weighted by Gasteiger charge is 2.09. The molecule has 0 aliphatic heterocycles. The number of hydrogen-bond donors (Lipinski definition) is 1.